The predicted molar refractivity (Wildman–Crippen MR) is 129 cm³/mol. The van der Waals surface area contributed by atoms with Gasteiger partial charge >= 0.3 is 0 Å². The van der Waals surface area contributed by atoms with Crippen LogP contribution in [-0.4, -0.2) is 37.4 Å². The van der Waals surface area contributed by atoms with Crippen LogP contribution in [0.3, 0.4) is 0 Å². The Morgan fingerprint density at radius 1 is 0.909 bits per heavy atom. The van der Waals surface area contributed by atoms with Crippen LogP contribution in [0.4, 0.5) is 0 Å². The van der Waals surface area contributed by atoms with E-state index in [0.29, 0.717) is 17.2 Å². The molecule has 0 atom stereocenters. The average molecular weight is 461 g/mol. The summed E-state index contributed by atoms with van der Waals surface area (Å²) in [6, 6.07) is 15.9. The van der Waals surface area contributed by atoms with E-state index in [1.54, 1.807) is 24.3 Å². The first kappa shape index (κ1) is 21.9. The molecule has 6 nitrogen and oxygen atoms in total. The second-order valence-electron chi connectivity index (χ2n) is 9.80. The number of carbonyl (C=O) groups excluding carboxylic acids is 2. The van der Waals surface area contributed by atoms with E-state index in [2.05, 4.69) is 59.8 Å². The zero-order valence-electron chi connectivity index (χ0n) is 19.2. The lowest BCUT2D eigenvalue weighted by Crippen LogP contribution is -2.29. The molecule has 1 aliphatic carbocycles. The number of imide groups is 1. The van der Waals surface area contributed by atoms with Crippen LogP contribution in [-0.2, 0) is 5.41 Å². The zero-order valence-corrected chi connectivity index (χ0v) is 20.1. The minimum atomic E-state index is -0.243. The highest BCUT2D eigenvalue weighted by molar-refractivity contribution is 7.99. The maximum absolute atomic E-state index is 12.8. The number of amides is 2. The second-order valence-corrected chi connectivity index (χ2v) is 10.7. The van der Waals surface area contributed by atoms with Crippen LogP contribution in [0.2, 0.25) is 0 Å². The van der Waals surface area contributed by atoms with Crippen LogP contribution in [0.25, 0.3) is 11.4 Å². The van der Waals surface area contributed by atoms with E-state index in [0.717, 1.165) is 29.4 Å². The molecule has 33 heavy (non-hydrogen) atoms. The summed E-state index contributed by atoms with van der Waals surface area (Å²) in [5.41, 5.74) is 3.35. The Balaban J connectivity index is 1.42. The molecular weight excluding hydrogens is 432 g/mol. The van der Waals surface area contributed by atoms with E-state index in [1.807, 2.05) is 0 Å². The average Bonchev–Trinajstić information content (AvgIpc) is 3.52. The predicted octanol–water partition coefficient (Wildman–Crippen LogP) is 5.70. The van der Waals surface area contributed by atoms with Gasteiger partial charge in [0.15, 0.2) is 11.0 Å². The lowest BCUT2D eigenvalue weighted by molar-refractivity contribution is 0.0684. The molecule has 0 N–H and O–H groups in total. The Morgan fingerprint density at radius 3 is 2.09 bits per heavy atom. The maximum Gasteiger partial charge on any atom is 0.262 e. The maximum atomic E-state index is 12.8. The minimum Gasteiger partial charge on any atom is -0.299 e. The number of fused-ring (bicyclic) bond motifs is 1. The molecule has 1 fully saturated rings. The van der Waals surface area contributed by atoms with Gasteiger partial charge < -0.3 is 0 Å². The molecule has 170 valence electrons. The van der Waals surface area contributed by atoms with Crippen molar-refractivity contribution in [1.29, 1.82) is 0 Å². The number of benzene rings is 2. The molecule has 2 amide bonds. The SMILES string of the molecule is CC(C)(C)c1ccc(-c2nnc(SCN3C(=O)c4ccccc4C3=O)n2C2CCCC2)cc1. The van der Waals surface area contributed by atoms with Gasteiger partial charge in [0.2, 0.25) is 0 Å². The monoisotopic (exact) mass is 460 g/mol. The van der Waals surface area contributed by atoms with Crippen molar-refractivity contribution in [2.24, 2.45) is 0 Å². The Morgan fingerprint density at radius 2 is 1.52 bits per heavy atom. The van der Waals surface area contributed by atoms with Gasteiger partial charge in [0.1, 0.15) is 0 Å². The highest BCUT2D eigenvalue weighted by Crippen LogP contribution is 2.37. The summed E-state index contributed by atoms with van der Waals surface area (Å²) in [5.74, 6) is 0.591. The van der Waals surface area contributed by atoms with Gasteiger partial charge in [-0.25, -0.2) is 0 Å². The fourth-order valence-corrected chi connectivity index (χ4v) is 5.61. The highest BCUT2D eigenvalue weighted by Gasteiger charge is 2.35. The summed E-state index contributed by atoms with van der Waals surface area (Å²) in [6.45, 7) is 6.62. The fraction of sp³-hybridized carbons (Fsp3) is 0.385. The first-order chi connectivity index (χ1) is 15.8. The van der Waals surface area contributed by atoms with E-state index in [4.69, 9.17) is 0 Å². The third kappa shape index (κ3) is 3.99. The Labute approximate surface area is 198 Å². The molecule has 5 rings (SSSR count). The molecular formula is C26H28N4O2S. The number of carbonyl (C=O) groups is 2. The van der Waals surface area contributed by atoms with Gasteiger partial charge in [-0.15, -0.1) is 10.2 Å². The van der Waals surface area contributed by atoms with E-state index >= 15 is 0 Å². The van der Waals surface area contributed by atoms with E-state index in [-0.39, 0.29) is 23.1 Å². The van der Waals surface area contributed by atoms with Gasteiger partial charge in [0.25, 0.3) is 11.8 Å². The lowest BCUT2D eigenvalue weighted by Gasteiger charge is -2.20. The third-order valence-corrected chi connectivity index (χ3v) is 7.49. The molecule has 1 aliphatic heterocycles. The summed E-state index contributed by atoms with van der Waals surface area (Å²) in [4.78, 5) is 26.8. The number of hydrogen-bond acceptors (Lipinski definition) is 5. The molecule has 0 saturated heterocycles. The summed E-state index contributed by atoms with van der Waals surface area (Å²) in [6.07, 6.45) is 4.55. The molecule has 1 aromatic heterocycles. The largest absolute Gasteiger partial charge is 0.299 e. The minimum absolute atomic E-state index is 0.0883. The van der Waals surface area contributed by atoms with Gasteiger partial charge in [0, 0.05) is 11.6 Å². The molecule has 2 heterocycles. The first-order valence-corrected chi connectivity index (χ1v) is 12.5. The molecule has 3 aromatic rings. The van der Waals surface area contributed by atoms with Gasteiger partial charge in [0.05, 0.1) is 17.0 Å². The first-order valence-electron chi connectivity index (χ1n) is 11.5. The quantitative estimate of drug-likeness (QED) is 0.361. The van der Waals surface area contributed by atoms with Crippen molar-refractivity contribution in [2.45, 2.75) is 63.1 Å². The smallest absolute Gasteiger partial charge is 0.262 e. The van der Waals surface area contributed by atoms with Gasteiger partial charge in [-0.1, -0.05) is 81.8 Å². The number of nitrogens with zero attached hydrogens (tertiary/aromatic N) is 4. The normalized spacial score (nSPS) is 16.6. The zero-order chi connectivity index (χ0) is 23.2. The standard InChI is InChI=1S/C26H28N4O2S/c1-26(2,3)18-14-12-17(13-15-18)22-27-28-25(30(22)19-8-4-5-9-19)33-16-29-23(31)20-10-6-7-11-21(20)24(29)32/h6-7,10-15,19H,4-5,8-9,16H2,1-3H3. The van der Waals surface area contributed by atoms with Gasteiger partial charge in [-0.3, -0.25) is 19.1 Å². The molecule has 0 bridgehead atoms. The van der Waals surface area contributed by atoms with Crippen LogP contribution in [0.5, 0.6) is 0 Å². The molecule has 1 saturated carbocycles. The van der Waals surface area contributed by atoms with Crippen molar-refractivity contribution < 1.29 is 9.59 Å². The van der Waals surface area contributed by atoms with Crippen LogP contribution in [0, 0.1) is 0 Å². The molecule has 0 radical (unpaired) electrons. The molecule has 2 aromatic carbocycles. The van der Waals surface area contributed by atoms with Crippen molar-refractivity contribution in [3.63, 3.8) is 0 Å². The highest BCUT2D eigenvalue weighted by atomic mass is 32.2. The summed E-state index contributed by atoms with van der Waals surface area (Å²) < 4.78 is 2.22. The number of rotatable bonds is 5. The molecule has 2 aliphatic rings. The number of thioether (sulfide) groups is 1. The summed E-state index contributed by atoms with van der Waals surface area (Å²) in [7, 11) is 0. The van der Waals surface area contributed by atoms with E-state index in [1.165, 1.54) is 35.1 Å². The lowest BCUT2D eigenvalue weighted by atomic mass is 9.86. The van der Waals surface area contributed by atoms with Crippen LogP contribution < -0.4 is 0 Å². The Hall–Kier alpha value is -2.93. The van der Waals surface area contributed by atoms with E-state index in [9.17, 15) is 9.59 Å². The van der Waals surface area contributed by atoms with Crippen LogP contribution >= 0.6 is 11.8 Å². The Bertz CT molecular complexity index is 1170. The van der Waals surface area contributed by atoms with Crippen molar-refractivity contribution in [3.05, 3.63) is 65.2 Å². The molecule has 0 spiro atoms. The Kier molecular flexibility index (Phi) is 5.60. The second kappa shape index (κ2) is 8.45. The van der Waals surface area contributed by atoms with E-state index < -0.39 is 0 Å². The van der Waals surface area contributed by atoms with Crippen molar-refractivity contribution in [3.8, 4) is 11.4 Å². The third-order valence-electron chi connectivity index (χ3n) is 6.56. The summed E-state index contributed by atoms with van der Waals surface area (Å²) >= 11 is 1.41. The fourth-order valence-electron chi connectivity index (χ4n) is 4.66. The summed E-state index contributed by atoms with van der Waals surface area (Å²) in [5, 5.41) is 9.80. The molecule has 7 heteroatoms. The number of hydrogen-bond donors (Lipinski definition) is 0. The van der Waals surface area contributed by atoms with Gasteiger partial charge in [-0.2, -0.15) is 0 Å². The molecule has 0 unspecified atom stereocenters. The van der Waals surface area contributed by atoms with Crippen molar-refractivity contribution >= 4 is 23.6 Å². The van der Waals surface area contributed by atoms with Crippen molar-refractivity contribution in [1.82, 2.24) is 19.7 Å². The van der Waals surface area contributed by atoms with Crippen LogP contribution in [0.15, 0.2) is 53.7 Å². The van der Waals surface area contributed by atoms with Gasteiger partial charge in [-0.05, 0) is 36.0 Å². The number of aromatic nitrogens is 3. The topological polar surface area (TPSA) is 68.1 Å². The van der Waals surface area contributed by atoms with Crippen LogP contribution in [0.1, 0.15) is 78.8 Å². The van der Waals surface area contributed by atoms with Crippen molar-refractivity contribution in [2.75, 3.05) is 5.88 Å².